The van der Waals surface area contributed by atoms with Crippen molar-refractivity contribution in [3.63, 3.8) is 0 Å². The second-order valence-electron chi connectivity index (χ2n) is 5.59. The first-order valence-corrected chi connectivity index (χ1v) is 7.32. The lowest BCUT2D eigenvalue weighted by Crippen LogP contribution is -2.58. The maximum absolute atomic E-state index is 12.2. The Morgan fingerprint density at radius 1 is 1.38 bits per heavy atom. The van der Waals surface area contributed by atoms with Crippen LogP contribution in [0.3, 0.4) is 0 Å². The zero-order valence-corrected chi connectivity index (χ0v) is 13.0. The van der Waals surface area contributed by atoms with Crippen LogP contribution in [0.25, 0.3) is 0 Å². The maximum Gasteiger partial charge on any atom is 0.328 e. The first-order chi connectivity index (χ1) is 10.0. The van der Waals surface area contributed by atoms with Crippen molar-refractivity contribution >= 4 is 11.7 Å². The Morgan fingerprint density at radius 2 is 2.00 bits per heavy atom. The van der Waals surface area contributed by atoms with E-state index >= 15 is 0 Å². The Kier molecular flexibility index (Phi) is 4.73. The normalized spacial score (nSPS) is 17.0. The number of likely N-dealkylation sites (N-methyl/N-ethyl adjacent to an activating group) is 1. The van der Waals surface area contributed by atoms with Gasteiger partial charge in [0, 0.05) is 19.3 Å². The Bertz CT molecular complexity index is 485. The minimum atomic E-state index is -0.926. The van der Waals surface area contributed by atoms with Gasteiger partial charge in [0.2, 0.25) is 0 Å². The molecule has 1 aliphatic rings. The van der Waals surface area contributed by atoms with Gasteiger partial charge in [-0.15, -0.1) is 0 Å². The average molecular weight is 292 g/mol. The molecule has 1 atom stereocenters. The van der Waals surface area contributed by atoms with Crippen molar-refractivity contribution in [1.82, 2.24) is 0 Å². The van der Waals surface area contributed by atoms with E-state index in [0.717, 1.165) is 24.3 Å². The summed E-state index contributed by atoms with van der Waals surface area (Å²) in [6.45, 7) is 2.61. The Labute approximate surface area is 126 Å². The summed E-state index contributed by atoms with van der Waals surface area (Å²) >= 11 is 0. The zero-order chi connectivity index (χ0) is 15.5. The number of carbonyl (C=O) groups excluding carboxylic acids is 1. The summed E-state index contributed by atoms with van der Waals surface area (Å²) in [6.07, 6.45) is 1.98. The molecule has 1 aromatic carbocycles. The first kappa shape index (κ1) is 15.6. The highest BCUT2D eigenvalue weighted by atomic mass is 16.5. The number of benzene rings is 1. The van der Waals surface area contributed by atoms with Crippen LogP contribution < -0.4 is 15.4 Å². The number of methoxy groups -OCH3 is 1. The van der Waals surface area contributed by atoms with Crippen molar-refractivity contribution in [3.05, 3.63) is 24.3 Å². The smallest absolute Gasteiger partial charge is 0.328 e. The molecule has 1 saturated carbocycles. The number of anilines is 1. The van der Waals surface area contributed by atoms with E-state index in [-0.39, 0.29) is 11.9 Å². The lowest BCUT2D eigenvalue weighted by atomic mass is 9.93. The number of hydrogen-bond donors (Lipinski definition) is 1. The third kappa shape index (κ3) is 3.47. The fraction of sp³-hybridized carbons (Fsp3) is 0.562. The summed E-state index contributed by atoms with van der Waals surface area (Å²) in [4.78, 5) is 14.2. The van der Waals surface area contributed by atoms with E-state index in [1.165, 1.54) is 0 Å². The highest BCUT2D eigenvalue weighted by molar-refractivity contribution is 5.82. The van der Waals surface area contributed by atoms with E-state index in [1.807, 2.05) is 36.2 Å². The standard InChI is InChI=1S/C16H24N2O3/c1-4-21-15(19)16(17,12-5-6-12)11-18(2)13-7-9-14(20-3)10-8-13/h7-10,12H,4-6,11,17H2,1-3H3. The lowest BCUT2D eigenvalue weighted by Gasteiger charge is -2.32. The summed E-state index contributed by atoms with van der Waals surface area (Å²) in [5, 5.41) is 0. The van der Waals surface area contributed by atoms with Crippen molar-refractivity contribution in [3.8, 4) is 5.75 Å². The molecule has 1 aromatic rings. The Morgan fingerprint density at radius 3 is 2.48 bits per heavy atom. The molecule has 0 spiro atoms. The van der Waals surface area contributed by atoms with Gasteiger partial charge in [-0.3, -0.25) is 0 Å². The van der Waals surface area contributed by atoms with Gasteiger partial charge < -0.3 is 20.1 Å². The molecule has 2 N–H and O–H groups in total. The number of esters is 1. The van der Waals surface area contributed by atoms with Crippen molar-refractivity contribution in [2.24, 2.45) is 11.7 Å². The third-order valence-electron chi connectivity index (χ3n) is 3.97. The summed E-state index contributed by atoms with van der Waals surface area (Å²) < 4.78 is 10.3. The Balaban J connectivity index is 2.10. The maximum atomic E-state index is 12.2. The van der Waals surface area contributed by atoms with Crippen LogP contribution >= 0.6 is 0 Å². The number of carbonyl (C=O) groups is 1. The van der Waals surface area contributed by atoms with Gasteiger partial charge >= 0.3 is 5.97 Å². The van der Waals surface area contributed by atoms with Crippen LogP contribution in [0.5, 0.6) is 5.75 Å². The van der Waals surface area contributed by atoms with Crippen LogP contribution in [0.4, 0.5) is 5.69 Å². The highest BCUT2D eigenvalue weighted by Gasteiger charge is 2.49. The van der Waals surface area contributed by atoms with Gasteiger partial charge in [-0.1, -0.05) is 0 Å². The van der Waals surface area contributed by atoms with Gasteiger partial charge in [0.05, 0.1) is 13.7 Å². The fourth-order valence-electron chi connectivity index (χ4n) is 2.54. The molecule has 0 bridgehead atoms. The number of ether oxygens (including phenoxy) is 2. The van der Waals surface area contributed by atoms with Crippen LogP contribution in [-0.2, 0) is 9.53 Å². The molecule has 5 nitrogen and oxygen atoms in total. The van der Waals surface area contributed by atoms with Crippen molar-refractivity contribution < 1.29 is 14.3 Å². The van der Waals surface area contributed by atoms with Gasteiger partial charge in [-0.05, 0) is 49.9 Å². The molecule has 1 aliphatic carbocycles. The molecular formula is C16H24N2O3. The molecule has 5 heteroatoms. The van der Waals surface area contributed by atoms with Crippen molar-refractivity contribution in [2.75, 3.05) is 32.2 Å². The fourth-order valence-corrected chi connectivity index (χ4v) is 2.54. The molecule has 0 heterocycles. The average Bonchev–Trinajstić information content (AvgIpc) is 3.32. The molecule has 2 rings (SSSR count). The predicted octanol–water partition coefficient (Wildman–Crippen LogP) is 1.80. The van der Waals surface area contributed by atoms with E-state index in [0.29, 0.717) is 13.2 Å². The second-order valence-corrected chi connectivity index (χ2v) is 5.59. The van der Waals surface area contributed by atoms with E-state index in [4.69, 9.17) is 15.2 Å². The zero-order valence-electron chi connectivity index (χ0n) is 13.0. The monoisotopic (exact) mass is 292 g/mol. The molecule has 0 amide bonds. The molecule has 0 saturated heterocycles. The van der Waals surface area contributed by atoms with Gasteiger partial charge in [0.15, 0.2) is 0 Å². The molecule has 0 aliphatic heterocycles. The number of nitrogens with two attached hydrogens (primary N) is 1. The second kappa shape index (κ2) is 6.35. The molecule has 1 unspecified atom stereocenters. The summed E-state index contributed by atoms with van der Waals surface area (Å²) in [5.74, 6) is 0.726. The minimum absolute atomic E-state index is 0.220. The number of nitrogens with zero attached hydrogens (tertiary/aromatic N) is 1. The van der Waals surface area contributed by atoms with Crippen molar-refractivity contribution in [1.29, 1.82) is 0 Å². The summed E-state index contributed by atoms with van der Waals surface area (Å²) in [5.41, 5.74) is 6.46. The highest BCUT2D eigenvalue weighted by Crippen LogP contribution is 2.40. The van der Waals surface area contributed by atoms with Crippen LogP contribution in [0.1, 0.15) is 19.8 Å². The largest absolute Gasteiger partial charge is 0.497 e. The molecule has 1 fully saturated rings. The van der Waals surface area contributed by atoms with Gasteiger partial charge in [-0.25, -0.2) is 4.79 Å². The molecule has 0 aromatic heterocycles. The minimum Gasteiger partial charge on any atom is -0.497 e. The Hall–Kier alpha value is -1.75. The van der Waals surface area contributed by atoms with Gasteiger partial charge in [-0.2, -0.15) is 0 Å². The predicted molar refractivity (Wildman–Crippen MR) is 82.5 cm³/mol. The van der Waals surface area contributed by atoms with E-state index in [2.05, 4.69) is 0 Å². The quantitative estimate of drug-likeness (QED) is 0.776. The third-order valence-corrected chi connectivity index (χ3v) is 3.97. The SMILES string of the molecule is CCOC(=O)C(N)(CN(C)c1ccc(OC)cc1)C1CC1. The van der Waals surface area contributed by atoms with E-state index < -0.39 is 5.54 Å². The van der Waals surface area contributed by atoms with Crippen LogP contribution in [0, 0.1) is 5.92 Å². The number of hydrogen-bond acceptors (Lipinski definition) is 5. The number of rotatable bonds is 7. The van der Waals surface area contributed by atoms with Gasteiger partial charge in [0.1, 0.15) is 11.3 Å². The first-order valence-electron chi connectivity index (χ1n) is 7.32. The molecular weight excluding hydrogens is 268 g/mol. The summed E-state index contributed by atoms with van der Waals surface area (Å²) in [7, 11) is 3.57. The molecule has 0 radical (unpaired) electrons. The topological polar surface area (TPSA) is 64.8 Å². The van der Waals surface area contributed by atoms with Crippen molar-refractivity contribution in [2.45, 2.75) is 25.3 Å². The summed E-state index contributed by atoms with van der Waals surface area (Å²) in [6, 6.07) is 7.70. The van der Waals surface area contributed by atoms with E-state index in [9.17, 15) is 4.79 Å². The van der Waals surface area contributed by atoms with Crippen LogP contribution in [0.15, 0.2) is 24.3 Å². The van der Waals surface area contributed by atoms with E-state index in [1.54, 1.807) is 14.0 Å². The molecule has 21 heavy (non-hydrogen) atoms. The molecule has 116 valence electrons. The van der Waals surface area contributed by atoms with Gasteiger partial charge in [0.25, 0.3) is 0 Å². The van der Waals surface area contributed by atoms with Crippen LogP contribution in [0.2, 0.25) is 0 Å². The van der Waals surface area contributed by atoms with Crippen LogP contribution in [-0.4, -0.2) is 38.8 Å². The lowest BCUT2D eigenvalue weighted by molar-refractivity contribution is -0.150.